The van der Waals surface area contributed by atoms with E-state index in [1.165, 1.54) is 7.11 Å². The Morgan fingerprint density at radius 2 is 2.17 bits per heavy atom. The summed E-state index contributed by atoms with van der Waals surface area (Å²) in [7, 11) is 1.39. The van der Waals surface area contributed by atoms with Crippen LogP contribution >= 0.6 is 0 Å². The van der Waals surface area contributed by atoms with Crippen LogP contribution in [-0.4, -0.2) is 25.5 Å². The Morgan fingerprint density at radius 1 is 1.33 bits per heavy atom. The normalized spacial score (nSPS) is 10.1. The van der Waals surface area contributed by atoms with Crippen LogP contribution in [0.25, 0.3) is 0 Å². The van der Waals surface area contributed by atoms with Gasteiger partial charge >= 0.3 is 5.97 Å². The summed E-state index contributed by atoms with van der Waals surface area (Å²) in [6.45, 7) is 0.626. The zero-order valence-corrected chi connectivity index (χ0v) is 10.6. The third-order valence-electron chi connectivity index (χ3n) is 2.52. The Hall–Kier alpha value is -1.78. The molecule has 0 fully saturated rings. The van der Waals surface area contributed by atoms with Crippen molar-refractivity contribution in [1.82, 2.24) is 5.32 Å². The molecule has 0 aliphatic heterocycles. The number of nitrogens with one attached hydrogen (secondary N) is 1. The number of rotatable bonds is 8. The van der Waals surface area contributed by atoms with Crippen molar-refractivity contribution in [2.75, 3.05) is 13.7 Å². The number of methoxy groups -OCH3 is 1. The highest BCUT2D eigenvalue weighted by Crippen LogP contribution is 2.02. The van der Waals surface area contributed by atoms with Gasteiger partial charge in [0.05, 0.1) is 19.8 Å². The van der Waals surface area contributed by atoms with Crippen molar-refractivity contribution in [2.45, 2.75) is 32.1 Å². The summed E-state index contributed by atoms with van der Waals surface area (Å²) < 4.78 is 9.61. The van der Waals surface area contributed by atoms with Crippen molar-refractivity contribution in [3.63, 3.8) is 0 Å². The topological polar surface area (TPSA) is 68.5 Å². The average molecular weight is 253 g/mol. The molecule has 5 heteroatoms. The summed E-state index contributed by atoms with van der Waals surface area (Å²) in [5.74, 6) is 0.438. The van der Waals surface area contributed by atoms with E-state index in [2.05, 4.69) is 10.1 Å². The maximum atomic E-state index is 11.5. The van der Waals surface area contributed by atoms with Crippen LogP contribution in [0.1, 0.15) is 31.4 Å². The van der Waals surface area contributed by atoms with Crippen LogP contribution < -0.4 is 5.32 Å². The van der Waals surface area contributed by atoms with E-state index in [0.29, 0.717) is 18.7 Å². The molecule has 5 nitrogen and oxygen atoms in total. The van der Waals surface area contributed by atoms with Gasteiger partial charge in [0.2, 0.25) is 5.91 Å². The van der Waals surface area contributed by atoms with E-state index in [1.54, 1.807) is 18.4 Å². The molecule has 1 aromatic heterocycles. The first-order valence-electron chi connectivity index (χ1n) is 6.08. The first kappa shape index (κ1) is 14.3. The van der Waals surface area contributed by atoms with Crippen molar-refractivity contribution in [1.29, 1.82) is 0 Å². The Labute approximate surface area is 106 Å². The molecule has 1 aromatic rings. The number of hydrogen-bond donors (Lipinski definition) is 1. The molecule has 0 spiro atoms. The molecule has 18 heavy (non-hydrogen) atoms. The maximum Gasteiger partial charge on any atom is 0.305 e. The van der Waals surface area contributed by atoms with E-state index >= 15 is 0 Å². The van der Waals surface area contributed by atoms with Gasteiger partial charge < -0.3 is 14.5 Å². The van der Waals surface area contributed by atoms with E-state index in [0.717, 1.165) is 19.3 Å². The SMILES string of the molecule is COC(=O)CCCCCNC(=O)Cc1ccco1. The molecule has 0 aliphatic rings. The number of amides is 1. The molecule has 0 atom stereocenters. The number of furan rings is 1. The molecule has 0 unspecified atom stereocenters. The van der Waals surface area contributed by atoms with Crippen LogP contribution in [0.4, 0.5) is 0 Å². The lowest BCUT2D eigenvalue weighted by Crippen LogP contribution is -2.25. The van der Waals surface area contributed by atoms with Crippen LogP contribution in [0, 0.1) is 0 Å². The van der Waals surface area contributed by atoms with E-state index in [-0.39, 0.29) is 18.3 Å². The Balaban J connectivity index is 1.97. The smallest absolute Gasteiger partial charge is 0.305 e. The molecular weight excluding hydrogens is 234 g/mol. The number of carbonyl (C=O) groups is 2. The highest BCUT2D eigenvalue weighted by atomic mass is 16.5. The third kappa shape index (κ3) is 6.08. The first-order valence-corrected chi connectivity index (χ1v) is 6.08. The predicted octanol–water partition coefficient (Wildman–Crippen LogP) is 1.67. The quantitative estimate of drug-likeness (QED) is 0.565. The summed E-state index contributed by atoms with van der Waals surface area (Å²) in [5, 5.41) is 2.81. The standard InChI is InChI=1S/C13H19NO4/c1-17-13(16)7-3-2-4-8-14-12(15)10-11-6-5-9-18-11/h5-6,9H,2-4,7-8,10H2,1H3,(H,14,15). The van der Waals surface area contributed by atoms with Crippen LogP contribution in [-0.2, 0) is 20.7 Å². The van der Waals surface area contributed by atoms with Crippen LogP contribution in [0.15, 0.2) is 22.8 Å². The zero-order chi connectivity index (χ0) is 13.2. The van der Waals surface area contributed by atoms with Gasteiger partial charge in [0.1, 0.15) is 5.76 Å². The Bertz CT molecular complexity index is 359. The molecule has 0 saturated heterocycles. The van der Waals surface area contributed by atoms with Crippen molar-refractivity contribution in [3.8, 4) is 0 Å². The third-order valence-corrected chi connectivity index (χ3v) is 2.52. The highest BCUT2D eigenvalue weighted by Gasteiger charge is 2.04. The van der Waals surface area contributed by atoms with Gasteiger partial charge in [-0.25, -0.2) is 0 Å². The lowest BCUT2D eigenvalue weighted by molar-refractivity contribution is -0.140. The molecule has 100 valence electrons. The summed E-state index contributed by atoms with van der Waals surface area (Å²) >= 11 is 0. The molecule has 0 saturated carbocycles. The number of carbonyl (C=O) groups excluding carboxylic acids is 2. The van der Waals surface area contributed by atoms with Gasteiger partial charge in [-0.05, 0) is 25.0 Å². The summed E-state index contributed by atoms with van der Waals surface area (Å²) in [4.78, 5) is 22.3. The second-order valence-electron chi connectivity index (χ2n) is 3.99. The molecule has 1 heterocycles. The van der Waals surface area contributed by atoms with Gasteiger partial charge in [0.15, 0.2) is 0 Å². The second-order valence-corrected chi connectivity index (χ2v) is 3.99. The molecular formula is C13H19NO4. The van der Waals surface area contributed by atoms with E-state index in [9.17, 15) is 9.59 Å². The summed E-state index contributed by atoms with van der Waals surface area (Å²) in [6, 6.07) is 3.53. The predicted molar refractivity (Wildman–Crippen MR) is 65.9 cm³/mol. The second kappa shape index (κ2) is 8.33. The number of hydrogen-bond acceptors (Lipinski definition) is 4. The largest absolute Gasteiger partial charge is 0.469 e. The van der Waals surface area contributed by atoms with Gasteiger partial charge in [0, 0.05) is 13.0 Å². The van der Waals surface area contributed by atoms with Gasteiger partial charge in [-0.2, -0.15) is 0 Å². The summed E-state index contributed by atoms with van der Waals surface area (Å²) in [6.07, 6.45) is 4.82. The van der Waals surface area contributed by atoms with Gasteiger partial charge in [-0.1, -0.05) is 6.42 Å². The minimum absolute atomic E-state index is 0.0436. The van der Waals surface area contributed by atoms with Crippen LogP contribution in [0.2, 0.25) is 0 Å². The Morgan fingerprint density at radius 3 is 2.83 bits per heavy atom. The molecule has 1 rings (SSSR count). The zero-order valence-electron chi connectivity index (χ0n) is 10.6. The molecule has 1 N–H and O–H groups in total. The number of ether oxygens (including phenoxy) is 1. The number of esters is 1. The van der Waals surface area contributed by atoms with Gasteiger partial charge in [-0.15, -0.1) is 0 Å². The van der Waals surface area contributed by atoms with E-state index < -0.39 is 0 Å². The summed E-state index contributed by atoms with van der Waals surface area (Å²) in [5.41, 5.74) is 0. The highest BCUT2D eigenvalue weighted by molar-refractivity contribution is 5.77. The van der Waals surface area contributed by atoms with Crippen LogP contribution in [0.3, 0.4) is 0 Å². The van der Waals surface area contributed by atoms with Crippen LogP contribution in [0.5, 0.6) is 0 Å². The fraction of sp³-hybridized carbons (Fsp3) is 0.538. The van der Waals surface area contributed by atoms with Gasteiger partial charge in [-0.3, -0.25) is 9.59 Å². The lowest BCUT2D eigenvalue weighted by Gasteiger charge is -2.03. The lowest BCUT2D eigenvalue weighted by atomic mass is 10.2. The Kier molecular flexibility index (Phi) is 6.61. The van der Waals surface area contributed by atoms with Gasteiger partial charge in [0.25, 0.3) is 0 Å². The minimum Gasteiger partial charge on any atom is -0.469 e. The first-order chi connectivity index (χ1) is 8.72. The van der Waals surface area contributed by atoms with E-state index in [1.807, 2.05) is 0 Å². The molecule has 0 aliphatic carbocycles. The monoisotopic (exact) mass is 253 g/mol. The maximum absolute atomic E-state index is 11.5. The molecule has 0 bridgehead atoms. The minimum atomic E-state index is -0.183. The number of unbranched alkanes of at least 4 members (excludes halogenated alkanes) is 2. The average Bonchev–Trinajstić information content (AvgIpc) is 2.85. The fourth-order valence-corrected chi connectivity index (χ4v) is 1.53. The van der Waals surface area contributed by atoms with Crippen molar-refractivity contribution >= 4 is 11.9 Å². The van der Waals surface area contributed by atoms with E-state index in [4.69, 9.17) is 4.42 Å². The van der Waals surface area contributed by atoms with Crippen molar-refractivity contribution in [3.05, 3.63) is 24.2 Å². The molecule has 1 amide bonds. The molecule has 0 aromatic carbocycles. The molecule has 0 radical (unpaired) electrons. The fourth-order valence-electron chi connectivity index (χ4n) is 1.53. The van der Waals surface area contributed by atoms with Crippen molar-refractivity contribution in [2.24, 2.45) is 0 Å². The van der Waals surface area contributed by atoms with Crippen molar-refractivity contribution < 1.29 is 18.7 Å².